The van der Waals surface area contributed by atoms with Gasteiger partial charge in [-0.25, -0.2) is 5.01 Å². The molecule has 2 aromatic rings. The second-order valence-corrected chi connectivity index (χ2v) is 7.41. The maximum absolute atomic E-state index is 13.3. The fourth-order valence-corrected chi connectivity index (χ4v) is 3.69. The van der Waals surface area contributed by atoms with Gasteiger partial charge in [-0.3, -0.25) is 9.59 Å². The van der Waals surface area contributed by atoms with Crippen molar-refractivity contribution in [3.05, 3.63) is 59.7 Å². The average Bonchev–Trinajstić information content (AvgIpc) is 3.27. The third-order valence-electron chi connectivity index (χ3n) is 5.40. The van der Waals surface area contributed by atoms with Crippen molar-refractivity contribution in [2.24, 2.45) is 5.10 Å². The molecule has 2 amide bonds. The van der Waals surface area contributed by atoms with Gasteiger partial charge in [0.15, 0.2) is 0 Å². The van der Waals surface area contributed by atoms with Crippen LogP contribution in [-0.4, -0.2) is 68.5 Å². The molecule has 0 fully saturated rings. The quantitative estimate of drug-likeness (QED) is 0.600. The van der Waals surface area contributed by atoms with Crippen LogP contribution in [0, 0.1) is 0 Å². The van der Waals surface area contributed by atoms with Gasteiger partial charge in [-0.15, -0.1) is 0 Å². The van der Waals surface area contributed by atoms with Crippen LogP contribution in [0.4, 0.5) is 0 Å². The lowest BCUT2D eigenvalue weighted by Gasteiger charge is -2.27. The number of hydrogen-bond donors (Lipinski definition) is 0. The Morgan fingerprint density at radius 1 is 1.09 bits per heavy atom. The van der Waals surface area contributed by atoms with Crippen molar-refractivity contribution in [1.29, 1.82) is 0 Å². The van der Waals surface area contributed by atoms with E-state index in [1.165, 1.54) is 16.8 Å². The smallest absolute Gasteiger partial charge is 0.262 e. The molecule has 0 unspecified atom stereocenters. The maximum atomic E-state index is 13.3. The molecule has 2 aromatic carbocycles. The minimum atomic E-state index is -0.351. The molecule has 0 N–H and O–H groups in total. The Balaban J connectivity index is 1.95. The zero-order valence-electron chi connectivity index (χ0n) is 18.9. The molecule has 8 heteroatoms. The molecule has 3 rings (SSSR count). The minimum Gasteiger partial charge on any atom is -0.497 e. The lowest BCUT2D eigenvalue weighted by atomic mass is 9.97. The zero-order valence-corrected chi connectivity index (χ0v) is 18.9. The topological polar surface area (TPSA) is 80.7 Å². The Morgan fingerprint density at radius 2 is 1.88 bits per heavy atom. The summed E-state index contributed by atoms with van der Waals surface area (Å²) in [5.41, 5.74) is 2.50. The Kier molecular flexibility index (Phi) is 7.83. The molecule has 1 aliphatic heterocycles. The van der Waals surface area contributed by atoms with Gasteiger partial charge in [0, 0.05) is 38.1 Å². The first kappa shape index (κ1) is 23.3. The van der Waals surface area contributed by atoms with E-state index in [1.807, 2.05) is 48.5 Å². The molecule has 170 valence electrons. The van der Waals surface area contributed by atoms with Crippen molar-refractivity contribution in [2.75, 3.05) is 41.0 Å². The van der Waals surface area contributed by atoms with Gasteiger partial charge in [-0.05, 0) is 18.2 Å². The summed E-state index contributed by atoms with van der Waals surface area (Å²) in [7, 11) is 4.77. The van der Waals surface area contributed by atoms with Gasteiger partial charge in [0.1, 0.15) is 18.0 Å². The van der Waals surface area contributed by atoms with Crippen molar-refractivity contribution in [1.82, 2.24) is 9.91 Å². The number of methoxy groups -OCH3 is 3. The summed E-state index contributed by atoms with van der Waals surface area (Å²) in [4.78, 5) is 26.8. The fraction of sp³-hybridized carbons (Fsp3) is 0.375. The third kappa shape index (κ3) is 5.26. The number of rotatable bonds is 9. The largest absolute Gasteiger partial charge is 0.497 e. The molecular formula is C24H29N3O5. The SMILES string of the molecule is COCCN(CC(=O)N1N=C(c2cccc(OC)c2)C[C@H]1c1ccccc1OC)C(C)=O. The molecule has 0 saturated carbocycles. The molecule has 8 nitrogen and oxygen atoms in total. The lowest BCUT2D eigenvalue weighted by Crippen LogP contribution is -2.41. The van der Waals surface area contributed by atoms with Crippen LogP contribution in [-0.2, 0) is 14.3 Å². The summed E-state index contributed by atoms with van der Waals surface area (Å²) in [6, 6.07) is 14.8. The minimum absolute atomic E-state index is 0.0841. The molecule has 0 aliphatic carbocycles. The van der Waals surface area contributed by atoms with E-state index in [0.29, 0.717) is 31.1 Å². The molecule has 0 bridgehead atoms. The van der Waals surface area contributed by atoms with E-state index in [9.17, 15) is 9.59 Å². The zero-order chi connectivity index (χ0) is 23.1. The summed E-state index contributed by atoms with van der Waals surface area (Å²) in [5.74, 6) is 0.928. The Morgan fingerprint density at radius 3 is 2.56 bits per heavy atom. The molecule has 0 radical (unpaired) electrons. The number of carbonyl (C=O) groups excluding carboxylic acids is 2. The van der Waals surface area contributed by atoms with Crippen molar-refractivity contribution in [3.8, 4) is 11.5 Å². The van der Waals surface area contributed by atoms with Crippen molar-refractivity contribution < 1.29 is 23.8 Å². The van der Waals surface area contributed by atoms with Gasteiger partial charge < -0.3 is 19.1 Å². The van der Waals surface area contributed by atoms with Crippen LogP contribution >= 0.6 is 0 Å². The molecule has 0 saturated heterocycles. The van der Waals surface area contributed by atoms with Gasteiger partial charge in [0.05, 0.1) is 32.6 Å². The summed E-state index contributed by atoms with van der Waals surface area (Å²) in [6.07, 6.45) is 0.511. The van der Waals surface area contributed by atoms with Gasteiger partial charge in [-0.2, -0.15) is 5.10 Å². The van der Waals surface area contributed by atoms with Crippen LogP contribution in [0.15, 0.2) is 53.6 Å². The predicted octanol–water partition coefficient (Wildman–Crippen LogP) is 2.88. The van der Waals surface area contributed by atoms with Crippen LogP contribution < -0.4 is 9.47 Å². The Labute approximate surface area is 188 Å². The second-order valence-electron chi connectivity index (χ2n) is 7.41. The number of ether oxygens (including phenoxy) is 3. The van der Waals surface area contributed by atoms with Crippen molar-refractivity contribution in [3.63, 3.8) is 0 Å². The number of para-hydroxylation sites is 1. The molecule has 0 aromatic heterocycles. The average molecular weight is 440 g/mol. The second kappa shape index (κ2) is 10.8. The summed E-state index contributed by atoms with van der Waals surface area (Å²) >= 11 is 0. The van der Waals surface area contributed by atoms with Crippen LogP contribution in [0.1, 0.15) is 30.5 Å². The normalized spacial score (nSPS) is 15.3. The third-order valence-corrected chi connectivity index (χ3v) is 5.40. The number of amides is 2. The summed E-state index contributed by atoms with van der Waals surface area (Å²) < 4.78 is 16.0. The molecule has 32 heavy (non-hydrogen) atoms. The first-order valence-electron chi connectivity index (χ1n) is 10.4. The van der Waals surface area contributed by atoms with Gasteiger partial charge in [0.25, 0.3) is 5.91 Å². The Bertz CT molecular complexity index is 991. The van der Waals surface area contributed by atoms with Crippen LogP contribution in [0.3, 0.4) is 0 Å². The Hall–Kier alpha value is -3.39. The number of hydrazone groups is 1. The number of hydrogen-bond acceptors (Lipinski definition) is 6. The summed E-state index contributed by atoms with van der Waals surface area (Å²) in [5, 5.41) is 6.15. The van der Waals surface area contributed by atoms with Gasteiger partial charge in [-0.1, -0.05) is 30.3 Å². The van der Waals surface area contributed by atoms with E-state index in [4.69, 9.17) is 14.2 Å². The van der Waals surface area contributed by atoms with E-state index < -0.39 is 0 Å². The lowest BCUT2D eigenvalue weighted by molar-refractivity contribution is -0.141. The maximum Gasteiger partial charge on any atom is 0.262 e. The number of benzene rings is 2. The highest BCUT2D eigenvalue weighted by atomic mass is 16.5. The van der Waals surface area contributed by atoms with E-state index in [0.717, 1.165) is 16.8 Å². The van der Waals surface area contributed by atoms with Gasteiger partial charge in [0.2, 0.25) is 5.91 Å². The van der Waals surface area contributed by atoms with E-state index >= 15 is 0 Å². The van der Waals surface area contributed by atoms with Crippen molar-refractivity contribution >= 4 is 17.5 Å². The first-order chi connectivity index (χ1) is 15.5. The number of carbonyl (C=O) groups is 2. The predicted molar refractivity (Wildman–Crippen MR) is 121 cm³/mol. The van der Waals surface area contributed by atoms with E-state index in [-0.39, 0.29) is 24.4 Å². The monoisotopic (exact) mass is 439 g/mol. The molecule has 1 heterocycles. The molecule has 0 spiro atoms. The van der Waals surface area contributed by atoms with Gasteiger partial charge >= 0.3 is 0 Å². The van der Waals surface area contributed by atoms with Crippen LogP contribution in [0.5, 0.6) is 11.5 Å². The van der Waals surface area contributed by atoms with Crippen molar-refractivity contribution in [2.45, 2.75) is 19.4 Å². The molecule has 1 aliphatic rings. The standard InChI is InChI=1S/C24H29N3O5/c1-17(28)26(12-13-30-2)16-24(29)27-22(20-10-5-6-11-23(20)32-4)15-21(25-27)18-8-7-9-19(14-18)31-3/h5-11,14,22H,12-13,15-16H2,1-4H3/t22-/m0/s1. The molecule has 1 atom stereocenters. The van der Waals surface area contributed by atoms with Crippen LogP contribution in [0.2, 0.25) is 0 Å². The summed E-state index contributed by atoms with van der Waals surface area (Å²) in [6.45, 7) is 2.03. The van der Waals surface area contributed by atoms with Crippen LogP contribution in [0.25, 0.3) is 0 Å². The number of nitrogens with zero attached hydrogens (tertiary/aromatic N) is 3. The fourth-order valence-electron chi connectivity index (χ4n) is 3.69. The molecular weight excluding hydrogens is 410 g/mol. The highest BCUT2D eigenvalue weighted by molar-refractivity contribution is 6.03. The van der Waals surface area contributed by atoms with E-state index in [1.54, 1.807) is 21.3 Å². The van der Waals surface area contributed by atoms with E-state index in [2.05, 4.69) is 5.10 Å². The highest BCUT2D eigenvalue weighted by Crippen LogP contribution is 2.37. The highest BCUT2D eigenvalue weighted by Gasteiger charge is 2.35. The first-order valence-corrected chi connectivity index (χ1v) is 10.4.